The van der Waals surface area contributed by atoms with Crippen LogP contribution in [0.1, 0.15) is 29.6 Å². The number of phenolic OH excluding ortho intramolecular Hbond substituents is 2. The van der Waals surface area contributed by atoms with E-state index in [1.54, 1.807) is 0 Å². The highest BCUT2D eigenvalue weighted by Gasteiger charge is 2.30. The molecule has 4 N–H and O–H groups in total. The molecular formula is C13H15NO5. The van der Waals surface area contributed by atoms with E-state index in [0.717, 1.165) is 18.9 Å². The molecule has 0 saturated heterocycles. The number of rotatable bonds is 5. The molecule has 1 aliphatic carbocycles. The normalized spacial score (nSPS) is 15.8. The van der Waals surface area contributed by atoms with Crippen LogP contribution in [0.2, 0.25) is 0 Å². The molecule has 6 heteroatoms. The summed E-state index contributed by atoms with van der Waals surface area (Å²) in [4.78, 5) is 22.9. The molecule has 1 aromatic rings. The molecule has 0 aromatic heterocycles. The molecule has 1 fully saturated rings. The van der Waals surface area contributed by atoms with Gasteiger partial charge in [-0.15, -0.1) is 0 Å². The van der Waals surface area contributed by atoms with Crippen molar-refractivity contribution < 1.29 is 24.9 Å². The van der Waals surface area contributed by atoms with Crippen molar-refractivity contribution in [3.8, 4) is 11.5 Å². The molecule has 0 radical (unpaired) electrons. The second kappa shape index (κ2) is 5.17. The quantitative estimate of drug-likeness (QED) is 0.596. The Morgan fingerprint density at radius 1 is 1.26 bits per heavy atom. The molecule has 1 aromatic carbocycles. The van der Waals surface area contributed by atoms with E-state index in [9.17, 15) is 14.7 Å². The van der Waals surface area contributed by atoms with Gasteiger partial charge in [-0.2, -0.15) is 0 Å². The van der Waals surface area contributed by atoms with E-state index in [0.29, 0.717) is 12.3 Å². The first-order valence-electron chi connectivity index (χ1n) is 6.03. The average molecular weight is 265 g/mol. The van der Waals surface area contributed by atoms with Crippen LogP contribution in [0.3, 0.4) is 0 Å². The number of carboxylic acid groups (broad SMARTS) is 1. The lowest BCUT2D eigenvalue weighted by Crippen LogP contribution is -2.41. The van der Waals surface area contributed by atoms with Crippen LogP contribution in [-0.4, -0.2) is 33.2 Å². The van der Waals surface area contributed by atoms with Crippen LogP contribution in [0, 0.1) is 5.92 Å². The molecule has 0 spiro atoms. The fourth-order valence-electron chi connectivity index (χ4n) is 1.81. The van der Waals surface area contributed by atoms with Crippen molar-refractivity contribution in [2.24, 2.45) is 5.92 Å². The molecule has 0 unspecified atom stereocenters. The highest BCUT2D eigenvalue weighted by molar-refractivity contribution is 5.97. The predicted molar refractivity (Wildman–Crippen MR) is 66.0 cm³/mol. The molecule has 0 bridgehead atoms. The molecular weight excluding hydrogens is 250 g/mol. The Hall–Kier alpha value is -2.24. The van der Waals surface area contributed by atoms with Gasteiger partial charge >= 0.3 is 5.97 Å². The number of phenols is 2. The molecule has 0 heterocycles. The summed E-state index contributed by atoms with van der Waals surface area (Å²) >= 11 is 0. The lowest BCUT2D eigenvalue weighted by molar-refractivity contribution is -0.139. The predicted octanol–water partition coefficient (Wildman–Crippen LogP) is 1.08. The Kier molecular flexibility index (Phi) is 3.59. The molecule has 2 rings (SSSR count). The molecule has 102 valence electrons. The average Bonchev–Trinajstić information content (AvgIpc) is 3.15. The molecule has 1 aliphatic rings. The number of carboxylic acids is 1. The molecule has 6 nitrogen and oxygen atoms in total. The van der Waals surface area contributed by atoms with Gasteiger partial charge in [-0.05, 0) is 30.5 Å². The maximum Gasteiger partial charge on any atom is 0.326 e. The summed E-state index contributed by atoms with van der Waals surface area (Å²) in [6.45, 7) is 0. The largest absolute Gasteiger partial charge is 0.504 e. The zero-order valence-corrected chi connectivity index (χ0v) is 10.2. The van der Waals surface area contributed by atoms with E-state index in [1.165, 1.54) is 12.1 Å². The van der Waals surface area contributed by atoms with Crippen LogP contribution in [0.4, 0.5) is 0 Å². The summed E-state index contributed by atoms with van der Waals surface area (Å²) in [6.07, 6.45) is 2.42. The van der Waals surface area contributed by atoms with Crippen molar-refractivity contribution in [1.82, 2.24) is 5.32 Å². The van der Waals surface area contributed by atoms with Crippen LogP contribution in [0.15, 0.2) is 18.2 Å². The third-order valence-electron chi connectivity index (χ3n) is 3.11. The standard InChI is InChI=1S/C13H15NO5/c15-10-4-3-8(6-11(10)16)12(17)14-9(13(18)19)5-7-1-2-7/h3-4,6-7,9,15-16H,1-2,5H2,(H,14,17)(H,18,19)/t9-/m0/s1. The van der Waals surface area contributed by atoms with Crippen LogP contribution in [0.5, 0.6) is 11.5 Å². The van der Waals surface area contributed by atoms with Gasteiger partial charge in [0.05, 0.1) is 0 Å². The number of carbonyl (C=O) groups excluding carboxylic acids is 1. The van der Waals surface area contributed by atoms with Gasteiger partial charge < -0.3 is 20.6 Å². The third-order valence-corrected chi connectivity index (χ3v) is 3.11. The zero-order valence-electron chi connectivity index (χ0n) is 10.2. The highest BCUT2D eigenvalue weighted by Crippen LogP contribution is 2.33. The molecule has 19 heavy (non-hydrogen) atoms. The maximum absolute atomic E-state index is 11.9. The lowest BCUT2D eigenvalue weighted by atomic mass is 10.1. The number of hydrogen-bond donors (Lipinski definition) is 4. The fourth-order valence-corrected chi connectivity index (χ4v) is 1.81. The Morgan fingerprint density at radius 3 is 2.47 bits per heavy atom. The Morgan fingerprint density at radius 2 is 1.95 bits per heavy atom. The van der Waals surface area contributed by atoms with Crippen LogP contribution >= 0.6 is 0 Å². The number of carbonyl (C=O) groups is 2. The van der Waals surface area contributed by atoms with Crippen molar-refractivity contribution >= 4 is 11.9 Å². The molecule has 1 amide bonds. The van der Waals surface area contributed by atoms with Crippen molar-refractivity contribution in [1.29, 1.82) is 0 Å². The third kappa shape index (κ3) is 3.37. The number of aromatic hydroxyl groups is 2. The van der Waals surface area contributed by atoms with Crippen molar-refractivity contribution in [2.75, 3.05) is 0 Å². The first kappa shape index (κ1) is 13.2. The fraction of sp³-hybridized carbons (Fsp3) is 0.385. The second-order valence-corrected chi connectivity index (χ2v) is 4.75. The minimum Gasteiger partial charge on any atom is -0.504 e. The number of hydrogen-bond acceptors (Lipinski definition) is 4. The van der Waals surface area contributed by atoms with Crippen LogP contribution in [0.25, 0.3) is 0 Å². The van der Waals surface area contributed by atoms with Crippen molar-refractivity contribution in [2.45, 2.75) is 25.3 Å². The number of aliphatic carboxylic acids is 1. The Balaban J connectivity index is 2.05. The van der Waals surface area contributed by atoms with Gasteiger partial charge in [0, 0.05) is 5.56 Å². The van der Waals surface area contributed by atoms with E-state index >= 15 is 0 Å². The number of benzene rings is 1. The first-order chi connectivity index (χ1) is 8.97. The minimum atomic E-state index is -1.07. The molecule has 1 atom stereocenters. The van der Waals surface area contributed by atoms with E-state index in [1.807, 2.05) is 0 Å². The summed E-state index contributed by atoms with van der Waals surface area (Å²) in [5.41, 5.74) is 0.109. The minimum absolute atomic E-state index is 0.109. The maximum atomic E-state index is 11.9. The Labute approximate surface area is 109 Å². The van der Waals surface area contributed by atoms with Crippen LogP contribution < -0.4 is 5.32 Å². The van der Waals surface area contributed by atoms with Gasteiger partial charge in [0.15, 0.2) is 11.5 Å². The van der Waals surface area contributed by atoms with E-state index in [2.05, 4.69) is 5.32 Å². The molecule has 1 saturated carbocycles. The summed E-state index contributed by atoms with van der Waals surface area (Å²) < 4.78 is 0. The Bertz CT molecular complexity index is 510. The van der Waals surface area contributed by atoms with Gasteiger partial charge in [0.25, 0.3) is 5.91 Å². The molecule has 0 aliphatic heterocycles. The summed E-state index contributed by atoms with van der Waals surface area (Å²) in [5.74, 6) is -2.02. The second-order valence-electron chi connectivity index (χ2n) is 4.75. The monoisotopic (exact) mass is 265 g/mol. The van der Waals surface area contributed by atoms with Gasteiger partial charge in [0.1, 0.15) is 6.04 Å². The van der Waals surface area contributed by atoms with Gasteiger partial charge in [0.2, 0.25) is 0 Å². The van der Waals surface area contributed by atoms with Gasteiger partial charge in [-0.25, -0.2) is 4.79 Å². The number of nitrogens with one attached hydrogen (secondary N) is 1. The SMILES string of the molecule is O=C(N[C@@H](CC1CC1)C(=O)O)c1ccc(O)c(O)c1. The lowest BCUT2D eigenvalue weighted by Gasteiger charge is -2.14. The highest BCUT2D eigenvalue weighted by atomic mass is 16.4. The summed E-state index contributed by atoms with van der Waals surface area (Å²) in [7, 11) is 0. The smallest absolute Gasteiger partial charge is 0.326 e. The van der Waals surface area contributed by atoms with E-state index in [-0.39, 0.29) is 11.3 Å². The number of amides is 1. The van der Waals surface area contributed by atoms with Crippen molar-refractivity contribution in [3.05, 3.63) is 23.8 Å². The summed E-state index contributed by atoms with van der Waals surface area (Å²) in [5, 5.41) is 29.9. The zero-order chi connectivity index (χ0) is 14.0. The van der Waals surface area contributed by atoms with Crippen molar-refractivity contribution in [3.63, 3.8) is 0 Å². The van der Waals surface area contributed by atoms with E-state index < -0.39 is 23.7 Å². The summed E-state index contributed by atoms with van der Waals surface area (Å²) in [6, 6.07) is 2.68. The van der Waals surface area contributed by atoms with Crippen LogP contribution in [-0.2, 0) is 4.79 Å². The topological polar surface area (TPSA) is 107 Å². The van der Waals surface area contributed by atoms with Gasteiger partial charge in [-0.3, -0.25) is 4.79 Å². The first-order valence-corrected chi connectivity index (χ1v) is 6.03. The van der Waals surface area contributed by atoms with Gasteiger partial charge in [-0.1, -0.05) is 12.8 Å². The van der Waals surface area contributed by atoms with E-state index in [4.69, 9.17) is 10.2 Å².